The summed E-state index contributed by atoms with van der Waals surface area (Å²) in [6.45, 7) is 9.10. The Kier molecular flexibility index (Phi) is 17.4. The third-order valence-corrected chi connectivity index (χ3v) is 18.6. The van der Waals surface area contributed by atoms with E-state index in [0.717, 1.165) is 46.2 Å². The Hall–Kier alpha value is -7.96. The van der Waals surface area contributed by atoms with Crippen LogP contribution < -0.4 is 0 Å². The highest BCUT2D eigenvalue weighted by Crippen LogP contribution is 2.59. The molecule has 0 spiro atoms. The first-order chi connectivity index (χ1) is 41.4. The Bertz CT molecular complexity index is 3640. The van der Waals surface area contributed by atoms with Crippen molar-refractivity contribution in [3.8, 4) is 79.2 Å². The fourth-order valence-corrected chi connectivity index (χ4v) is 14.0. The molecule has 426 valence electrons. The summed E-state index contributed by atoms with van der Waals surface area (Å²) in [5, 5.41) is 18.3. The van der Waals surface area contributed by atoms with Gasteiger partial charge in [-0.2, -0.15) is 0 Å². The van der Waals surface area contributed by atoms with E-state index in [1.165, 1.54) is 182 Å². The highest BCUT2D eigenvalue weighted by Gasteiger charge is 2.47. The van der Waals surface area contributed by atoms with Crippen LogP contribution in [0.25, 0.3) is 79.2 Å². The molecule has 0 saturated heterocycles. The molecule has 0 bridgehead atoms. The SMILES string of the molecule is CCCCCCCCC1(CCCCCCCC)c2ccccc2-c2ccc(-c3ccc4c(c3)C(c3ccc(-c5nnc(-c6ccc(CCCC)cc6)o5)cc3)(c3ccc(-c5nnc(-c6ccc(CCCC)cc6)o5)cc3)c3ccccc3-4)cc21. The van der Waals surface area contributed by atoms with Crippen molar-refractivity contribution in [1.82, 2.24) is 20.4 Å². The molecule has 0 radical (unpaired) electrons. The summed E-state index contributed by atoms with van der Waals surface area (Å²) in [5.74, 6) is 2.03. The largest absolute Gasteiger partial charge is 0.416 e. The number of aromatic nitrogens is 4. The first kappa shape index (κ1) is 56.5. The van der Waals surface area contributed by atoms with Gasteiger partial charge >= 0.3 is 0 Å². The number of hydrogen-bond acceptors (Lipinski definition) is 6. The number of rotatable bonds is 27. The van der Waals surface area contributed by atoms with E-state index in [1.807, 2.05) is 0 Å². The molecule has 12 rings (SSSR count). The van der Waals surface area contributed by atoms with Crippen molar-refractivity contribution < 1.29 is 8.83 Å². The number of fused-ring (bicyclic) bond motifs is 6. The van der Waals surface area contributed by atoms with E-state index in [0.29, 0.717) is 23.6 Å². The van der Waals surface area contributed by atoms with E-state index < -0.39 is 5.41 Å². The van der Waals surface area contributed by atoms with Crippen LogP contribution in [-0.4, -0.2) is 20.4 Å². The van der Waals surface area contributed by atoms with Crippen LogP contribution in [0.4, 0.5) is 0 Å². The van der Waals surface area contributed by atoms with Crippen molar-refractivity contribution in [2.45, 2.75) is 167 Å². The lowest BCUT2D eigenvalue weighted by Crippen LogP contribution is -2.28. The summed E-state index contributed by atoms with van der Waals surface area (Å²) in [4.78, 5) is 0. The molecule has 6 heteroatoms. The quantitative estimate of drug-likeness (QED) is 0.0478. The molecule has 2 aliphatic rings. The molecule has 0 atom stereocenters. The lowest BCUT2D eigenvalue weighted by Gasteiger charge is -2.34. The summed E-state index contributed by atoms with van der Waals surface area (Å²) in [5.41, 5.74) is 21.1. The zero-order valence-corrected chi connectivity index (χ0v) is 50.1. The summed E-state index contributed by atoms with van der Waals surface area (Å²) in [7, 11) is 0. The van der Waals surface area contributed by atoms with Crippen LogP contribution in [0.3, 0.4) is 0 Å². The van der Waals surface area contributed by atoms with Crippen molar-refractivity contribution in [3.05, 3.63) is 226 Å². The molecule has 2 aromatic heterocycles. The molecule has 0 saturated carbocycles. The highest BCUT2D eigenvalue weighted by atomic mass is 16.4. The van der Waals surface area contributed by atoms with E-state index in [1.54, 1.807) is 0 Å². The van der Waals surface area contributed by atoms with Crippen LogP contribution in [0.1, 0.15) is 188 Å². The molecule has 0 amide bonds. The Labute approximate surface area is 499 Å². The van der Waals surface area contributed by atoms with Crippen LogP contribution >= 0.6 is 0 Å². The van der Waals surface area contributed by atoms with Gasteiger partial charge in [0, 0.05) is 27.7 Å². The van der Waals surface area contributed by atoms with Crippen LogP contribution in [-0.2, 0) is 23.7 Å². The van der Waals surface area contributed by atoms with Gasteiger partial charge in [-0.1, -0.05) is 239 Å². The second-order valence-electron chi connectivity index (χ2n) is 24.1. The first-order valence-electron chi connectivity index (χ1n) is 32.0. The molecule has 0 unspecified atom stereocenters. The molecule has 2 heterocycles. The molecule has 0 N–H and O–H groups in total. The predicted molar refractivity (Wildman–Crippen MR) is 346 cm³/mol. The average molecular weight is 1110 g/mol. The topological polar surface area (TPSA) is 77.8 Å². The Morgan fingerprint density at radius 1 is 0.298 bits per heavy atom. The average Bonchev–Trinajstić information content (AvgIpc) is 1.65. The van der Waals surface area contributed by atoms with Gasteiger partial charge in [0.2, 0.25) is 23.6 Å². The second-order valence-corrected chi connectivity index (χ2v) is 24.1. The maximum absolute atomic E-state index is 6.44. The number of aryl methyl sites for hydroxylation is 2. The number of benzene rings is 8. The maximum atomic E-state index is 6.44. The molecular formula is C78H82N4O2. The zero-order chi connectivity index (χ0) is 57.3. The minimum atomic E-state index is -0.704. The summed E-state index contributed by atoms with van der Waals surface area (Å²) >= 11 is 0. The maximum Gasteiger partial charge on any atom is 0.248 e. The summed E-state index contributed by atoms with van der Waals surface area (Å²) in [6, 6.07) is 68.0. The van der Waals surface area contributed by atoms with Crippen molar-refractivity contribution in [1.29, 1.82) is 0 Å². The highest BCUT2D eigenvalue weighted by molar-refractivity contribution is 5.90. The molecule has 8 aromatic carbocycles. The minimum absolute atomic E-state index is 0.0202. The smallest absolute Gasteiger partial charge is 0.248 e. The molecule has 10 aromatic rings. The lowest BCUT2D eigenvalue weighted by atomic mass is 9.67. The van der Waals surface area contributed by atoms with E-state index in [4.69, 9.17) is 8.83 Å². The molecule has 0 aliphatic heterocycles. The van der Waals surface area contributed by atoms with E-state index >= 15 is 0 Å². The number of unbranched alkanes of at least 4 members (excludes halogenated alkanes) is 12. The fourth-order valence-electron chi connectivity index (χ4n) is 14.0. The van der Waals surface area contributed by atoms with Gasteiger partial charge in [-0.25, -0.2) is 0 Å². The monoisotopic (exact) mass is 1110 g/mol. The van der Waals surface area contributed by atoms with E-state index in [-0.39, 0.29) is 5.41 Å². The lowest BCUT2D eigenvalue weighted by molar-refractivity contribution is 0.398. The third kappa shape index (κ3) is 11.2. The Balaban J connectivity index is 0.951. The van der Waals surface area contributed by atoms with Crippen molar-refractivity contribution >= 4 is 0 Å². The Morgan fingerprint density at radius 2 is 0.643 bits per heavy atom. The van der Waals surface area contributed by atoms with Crippen LogP contribution in [0.5, 0.6) is 0 Å². The molecule has 84 heavy (non-hydrogen) atoms. The minimum Gasteiger partial charge on any atom is -0.416 e. The van der Waals surface area contributed by atoms with Gasteiger partial charge in [-0.15, -0.1) is 20.4 Å². The van der Waals surface area contributed by atoms with Gasteiger partial charge in [0.1, 0.15) is 0 Å². The van der Waals surface area contributed by atoms with Crippen molar-refractivity contribution in [3.63, 3.8) is 0 Å². The second kappa shape index (κ2) is 25.9. The van der Waals surface area contributed by atoms with Gasteiger partial charge in [0.15, 0.2) is 0 Å². The summed E-state index contributed by atoms with van der Waals surface area (Å²) < 4.78 is 12.9. The predicted octanol–water partition coefficient (Wildman–Crippen LogP) is 21.6. The third-order valence-electron chi connectivity index (χ3n) is 18.6. The zero-order valence-electron chi connectivity index (χ0n) is 50.1. The standard InChI is InChI=1S/C78H82N4O2/c1-5-9-13-15-17-23-51-77(52-24-18-16-14-10-6-2)69-29-21-19-27-65(69)67-49-43-61(53-71(67)77)62-44-50-68-66-28-20-22-30-70(66)78(72(68)54-62,63-45-39-59(40-46-63)75-81-79-73(83-75)57-35-31-55(32-36-57)25-11-7-3)64-47-41-60(42-48-64)76-82-80-74(84-76)58-37-33-56(34-38-58)26-12-8-4/h19-22,27-50,53-54H,5-18,23-26,51-52H2,1-4H3. The van der Waals surface area contributed by atoms with Gasteiger partial charge in [0.05, 0.1) is 5.41 Å². The van der Waals surface area contributed by atoms with Gasteiger partial charge in [-0.3, -0.25) is 0 Å². The van der Waals surface area contributed by atoms with E-state index in [2.05, 4.69) is 230 Å². The van der Waals surface area contributed by atoms with Gasteiger partial charge < -0.3 is 8.83 Å². The molecule has 0 fully saturated rings. The van der Waals surface area contributed by atoms with E-state index in [9.17, 15) is 0 Å². The van der Waals surface area contributed by atoms with Crippen LogP contribution in [0, 0.1) is 0 Å². The Morgan fingerprint density at radius 3 is 1.10 bits per heavy atom. The molecule has 6 nitrogen and oxygen atoms in total. The van der Waals surface area contributed by atoms with Crippen molar-refractivity contribution in [2.24, 2.45) is 0 Å². The van der Waals surface area contributed by atoms with Crippen molar-refractivity contribution in [2.75, 3.05) is 0 Å². The fraction of sp³-hybridized carbons (Fsp3) is 0.333. The number of hydrogen-bond donors (Lipinski definition) is 0. The van der Waals surface area contributed by atoms with Crippen LogP contribution in [0.2, 0.25) is 0 Å². The first-order valence-corrected chi connectivity index (χ1v) is 32.0. The number of nitrogens with zero attached hydrogens (tertiary/aromatic N) is 4. The van der Waals surface area contributed by atoms with Crippen LogP contribution in [0.15, 0.2) is 191 Å². The normalized spacial score (nSPS) is 13.4. The molecular weight excluding hydrogens is 1020 g/mol. The summed E-state index contributed by atoms with van der Waals surface area (Å²) in [6.07, 6.45) is 24.8. The van der Waals surface area contributed by atoms with Gasteiger partial charge in [0.25, 0.3) is 0 Å². The molecule has 2 aliphatic carbocycles. The van der Waals surface area contributed by atoms with Gasteiger partial charge in [-0.05, 0) is 177 Å².